The first-order chi connectivity index (χ1) is 10.0. The van der Waals surface area contributed by atoms with Gasteiger partial charge in [-0.1, -0.05) is 30.1 Å². The number of carbonyl (C=O) groups is 2. The van der Waals surface area contributed by atoms with E-state index >= 15 is 0 Å². The summed E-state index contributed by atoms with van der Waals surface area (Å²) in [6.45, 7) is 3.25. The maximum absolute atomic E-state index is 12.2. The van der Waals surface area contributed by atoms with Crippen LogP contribution in [0.2, 0.25) is 10.0 Å². The van der Waals surface area contributed by atoms with Crippen molar-refractivity contribution in [3.8, 4) is 0 Å². The van der Waals surface area contributed by atoms with Crippen LogP contribution in [0.3, 0.4) is 0 Å². The molecule has 1 fully saturated rings. The molecule has 0 bridgehead atoms. The van der Waals surface area contributed by atoms with Crippen LogP contribution in [0.4, 0.5) is 0 Å². The molecule has 0 aliphatic carbocycles. The number of amides is 2. The monoisotopic (exact) mass is 328 g/mol. The van der Waals surface area contributed by atoms with E-state index in [-0.39, 0.29) is 17.9 Å². The molecule has 0 aromatic heterocycles. The first-order valence-corrected chi connectivity index (χ1v) is 7.80. The minimum absolute atomic E-state index is 0.0906. The lowest BCUT2D eigenvalue weighted by Gasteiger charge is -2.32. The van der Waals surface area contributed by atoms with Crippen LogP contribution < -0.4 is 5.32 Å². The molecule has 0 unspecified atom stereocenters. The summed E-state index contributed by atoms with van der Waals surface area (Å²) in [6, 6.07) is 4.92. The van der Waals surface area contributed by atoms with Crippen molar-refractivity contribution in [2.75, 3.05) is 13.1 Å². The largest absolute Gasteiger partial charge is 0.349 e. The second kappa shape index (κ2) is 7.14. The molecule has 0 atom stereocenters. The maximum Gasteiger partial charge on any atom is 0.251 e. The van der Waals surface area contributed by atoms with Gasteiger partial charge in [0.15, 0.2) is 0 Å². The van der Waals surface area contributed by atoms with E-state index in [1.54, 1.807) is 18.2 Å². The molecule has 4 nitrogen and oxygen atoms in total. The highest BCUT2D eigenvalue weighted by molar-refractivity contribution is 6.42. The minimum Gasteiger partial charge on any atom is -0.349 e. The first-order valence-electron chi connectivity index (χ1n) is 7.05. The van der Waals surface area contributed by atoms with Gasteiger partial charge in [0.05, 0.1) is 10.0 Å². The van der Waals surface area contributed by atoms with Crippen LogP contribution in [-0.2, 0) is 4.79 Å². The zero-order valence-electron chi connectivity index (χ0n) is 11.9. The second-order valence-corrected chi connectivity index (χ2v) is 5.93. The lowest BCUT2D eigenvalue weighted by atomic mass is 10.0. The summed E-state index contributed by atoms with van der Waals surface area (Å²) in [5.41, 5.74) is 0.497. The van der Waals surface area contributed by atoms with Crippen molar-refractivity contribution < 1.29 is 9.59 Å². The van der Waals surface area contributed by atoms with Crippen LogP contribution in [0.5, 0.6) is 0 Å². The number of nitrogens with one attached hydrogen (secondary N) is 1. The van der Waals surface area contributed by atoms with Crippen LogP contribution in [0.1, 0.15) is 36.5 Å². The van der Waals surface area contributed by atoms with E-state index in [1.807, 2.05) is 11.8 Å². The third kappa shape index (κ3) is 4.11. The standard InChI is InChI=1S/C15H18Cl2N2O2/c1-2-14(20)19-7-5-11(6-8-19)18-15(21)10-3-4-12(16)13(17)9-10/h3-4,9,11H,2,5-8H2,1H3,(H,18,21). The van der Waals surface area contributed by atoms with Crippen molar-refractivity contribution in [1.82, 2.24) is 10.2 Å². The van der Waals surface area contributed by atoms with Gasteiger partial charge >= 0.3 is 0 Å². The van der Waals surface area contributed by atoms with E-state index in [9.17, 15) is 9.59 Å². The number of hydrogen-bond donors (Lipinski definition) is 1. The number of piperidine rings is 1. The summed E-state index contributed by atoms with van der Waals surface area (Å²) in [6.07, 6.45) is 2.08. The molecule has 1 saturated heterocycles. The number of likely N-dealkylation sites (tertiary alicyclic amines) is 1. The van der Waals surface area contributed by atoms with Gasteiger partial charge in [0.25, 0.3) is 5.91 Å². The zero-order valence-corrected chi connectivity index (χ0v) is 13.4. The van der Waals surface area contributed by atoms with Gasteiger partial charge in [0, 0.05) is 31.1 Å². The van der Waals surface area contributed by atoms with Crippen LogP contribution in [0.15, 0.2) is 18.2 Å². The van der Waals surface area contributed by atoms with Crippen molar-refractivity contribution in [3.63, 3.8) is 0 Å². The Morgan fingerprint density at radius 3 is 2.48 bits per heavy atom. The molecule has 2 amide bonds. The molecule has 1 aromatic rings. The van der Waals surface area contributed by atoms with E-state index in [0.29, 0.717) is 35.1 Å². The summed E-state index contributed by atoms with van der Waals surface area (Å²) in [7, 11) is 0. The minimum atomic E-state index is -0.158. The Kier molecular flexibility index (Phi) is 5.48. The van der Waals surface area contributed by atoms with Crippen LogP contribution in [-0.4, -0.2) is 35.8 Å². The number of halogens is 2. The topological polar surface area (TPSA) is 49.4 Å². The normalized spacial score (nSPS) is 15.9. The van der Waals surface area contributed by atoms with Crippen molar-refractivity contribution in [1.29, 1.82) is 0 Å². The zero-order chi connectivity index (χ0) is 15.4. The third-order valence-electron chi connectivity index (χ3n) is 3.67. The summed E-state index contributed by atoms with van der Waals surface area (Å²) < 4.78 is 0. The SMILES string of the molecule is CCC(=O)N1CCC(NC(=O)c2ccc(Cl)c(Cl)c2)CC1. The first kappa shape index (κ1) is 16.1. The smallest absolute Gasteiger partial charge is 0.251 e. The predicted octanol–water partition coefficient (Wildman–Crippen LogP) is 3.12. The fraction of sp³-hybridized carbons (Fsp3) is 0.467. The number of benzene rings is 1. The molecule has 0 radical (unpaired) electrons. The van der Waals surface area contributed by atoms with Crippen LogP contribution >= 0.6 is 23.2 Å². The molecule has 1 aliphatic heterocycles. The average Bonchev–Trinajstić information content (AvgIpc) is 2.50. The van der Waals surface area contributed by atoms with Gasteiger partial charge in [-0.2, -0.15) is 0 Å². The molecule has 0 saturated carbocycles. The van der Waals surface area contributed by atoms with Crippen LogP contribution in [0.25, 0.3) is 0 Å². The summed E-state index contributed by atoms with van der Waals surface area (Å²) in [5, 5.41) is 3.78. The van der Waals surface area contributed by atoms with E-state index in [1.165, 1.54) is 0 Å². The van der Waals surface area contributed by atoms with Crippen molar-refractivity contribution >= 4 is 35.0 Å². The van der Waals surface area contributed by atoms with Gasteiger partial charge in [0.1, 0.15) is 0 Å². The Labute approximate surface area is 134 Å². The van der Waals surface area contributed by atoms with Gasteiger partial charge in [-0.3, -0.25) is 9.59 Å². The predicted molar refractivity (Wildman–Crippen MR) is 83.8 cm³/mol. The Balaban J connectivity index is 1.89. The van der Waals surface area contributed by atoms with Gasteiger partial charge in [-0.05, 0) is 31.0 Å². The maximum atomic E-state index is 12.2. The Morgan fingerprint density at radius 2 is 1.90 bits per heavy atom. The number of rotatable bonds is 3. The van der Waals surface area contributed by atoms with Crippen LogP contribution in [0, 0.1) is 0 Å². The molecular formula is C15H18Cl2N2O2. The molecule has 0 spiro atoms. The molecule has 1 N–H and O–H groups in total. The van der Waals surface area contributed by atoms with Crippen molar-refractivity contribution in [2.24, 2.45) is 0 Å². The Hall–Kier alpha value is -1.26. The number of nitrogens with zero attached hydrogens (tertiary/aromatic N) is 1. The van der Waals surface area contributed by atoms with E-state index in [2.05, 4.69) is 5.32 Å². The molecule has 2 rings (SSSR count). The highest BCUT2D eigenvalue weighted by Crippen LogP contribution is 2.22. The number of carbonyl (C=O) groups excluding carboxylic acids is 2. The molecular weight excluding hydrogens is 311 g/mol. The third-order valence-corrected chi connectivity index (χ3v) is 4.41. The molecule has 1 aliphatic rings. The van der Waals surface area contributed by atoms with E-state index in [0.717, 1.165) is 12.8 Å². The lowest BCUT2D eigenvalue weighted by molar-refractivity contribution is -0.131. The summed E-state index contributed by atoms with van der Waals surface area (Å²) in [5.74, 6) is 0.0121. The van der Waals surface area contributed by atoms with E-state index in [4.69, 9.17) is 23.2 Å². The van der Waals surface area contributed by atoms with Gasteiger partial charge in [0.2, 0.25) is 5.91 Å². The summed E-state index contributed by atoms with van der Waals surface area (Å²) in [4.78, 5) is 25.6. The quantitative estimate of drug-likeness (QED) is 0.926. The van der Waals surface area contributed by atoms with Gasteiger partial charge in [-0.25, -0.2) is 0 Å². The summed E-state index contributed by atoms with van der Waals surface area (Å²) >= 11 is 11.8. The molecule has 1 aromatic carbocycles. The van der Waals surface area contributed by atoms with Crippen molar-refractivity contribution in [3.05, 3.63) is 33.8 Å². The molecule has 21 heavy (non-hydrogen) atoms. The van der Waals surface area contributed by atoms with Gasteiger partial charge in [-0.15, -0.1) is 0 Å². The highest BCUT2D eigenvalue weighted by Gasteiger charge is 2.23. The Morgan fingerprint density at radius 1 is 1.24 bits per heavy atom. The molecule has 114 valence electrons. The fourth-order valence-electron chi connectivity index (χ4n) is 2.40. The van der Waals surface area contributed by atoms with Gasteiger partial charge < -0.3 is 10.2 Å². The Bertz CT molecular complexity index is 540. The average molecular weight is 329 g/mol. The number of hydrogen-bond acceptors (Lipinski definition) is 2. The lowest BCUT2D eigenvalue weighted by Crippen LogP contribution is -2.46. The second-order valence-electron chi connectivity index (χ2n) is 5.11. The highest BCUT2D eigenvalue weighted by atomic mass is 35.5. The van der Waals surface area contributed by atoms with E-state index < -0.39 is 0 Å². The molecule has 1 heterocycles. The van der Waals surface area contributed by atoms with Crippen molar-refractivity contribution in [2.45, 2.75) is 32.2 Å². The molecule has 6 heteroatoms. The fourth-order valence-corrected chi connectivity index (χ4v) is 2.70.